The van der Waals surface area contributed by atoms with E-state index in [4.69, 9.17) is 0 Å². The maximum atomic E-state index is 3.82. The van der Waals surface area contributed by atoms with Crippen molar-refractivity contribution in [2.75, 3.05) is 0 Å². The van der Waals surface area contributed by atoms with Crippen molar-refractivity contribution in [1.29, 1.82) is 0 Å². The topological polar surface area (TPSA) is 0 Å². The molecule has 0 saturated heterocycles. The number of benzene rings is 1. The summed E-state index contributed by atoms with van der Waals surface area (Å²) in [6.45, 7) is 8.11. The van der Waals surface area contributed by atoms with Gasteiger partial charge in [0.2, 0.25) is 0 Å². The molecule has 13 heavy (non-hydrogen) atoms. The first-order valence-corrected chi connectivity index (χ1v) is 5.16. The second-order valence-corrected chi connectivity index (χ2v) is 4.38. The van der Waals surface area contributed by atoms with Crippen LogP contribution in [0.25, 0.3) is 16.2 Å². The van der Waals surface area contributed by atoms with Crippen LogP contribution < -0.4 is 0 Å². The molecule has 0 aliphatic rings. The van der Waals surface area contributed by atoms with Crippen LogP contribution in [0.5, 0.6) is 0 Å². The van der Waals surface area contributed by atoms with Gasteiger partial charge in [0.25, 0.3) is 0 Å². The lowest BCUT2D eigenvalue weighted by Gasteiger charge is -1.93. The summed E-state index contributed by atoms with van der Waals surface area (Å²) in [5.74, 6) is 0. The molecule has 0 amide bonds. The van der Waals surface area contributed by atoms with E-state index < -0.39 is 0 Å². The SMILES string of the molecule is C=Cc1sc2ccc(C)cc2c1C. The minimum absolute atomic E-state index is 1.29. The van der Waals surface area contributed by atoms with E-state index in [0.29, 0.717) is 0 Å². The molecule has 1 heteroatoms. The van der Waals surface area contributed by atoms with Crippen LogP contribution in [0.3, 0.4) is 0 Å². The third-order valence-corrected chi connectivity index (χ3v) is 3.58. The summed E-state index contributed by atoms with van der Waals surface area (Å²) in [6.07, 6.45) is 1.94. The van der Waals surface area contributed by atoms with Crippen molar-refractivity contribution >= 4 is 27.5 Å². The lowest BCUT2D eigenvalue weighted by atomic mass is 10.1. The van der Waals surface area contributed by atoms with Crippen molar-refractivity contribution < 1.29 is 0 Å². The smallest absolute Gasteiger partial charge is 0.0352 e. The molecular weight excluding hydrogens is 176 g/mol. The highest BCUT2D eigenvalue weighted by molar-refractivity contribution is 7.20. The zero-order valence-electron chi connectivity index (χ0n) is 7.92. The lowest BCUT2D eigenvalue weighted by molar-refractivity contribution is 1.49. The van der Waals surface area contributed by atoms with Gasteiger partial charge in [-0.05, 0) is 30.9 Å². The third-order valence-electron chi connectivity index (χ3n) is 2.31. The predicted molar refractivity (Wildman–Crippen MR) is 61.4 cm³/mol. The summed E-state index contributed by atoms with van der Waals surface area (Å²) in [5.41, 5.74) is 2.68. The molecule has 0 saturated carbocycles. The van der Waals surface area contributed by atoms with Gasteiger partial charge >= 0.3 is 0 Å². The van der Waals surface area contributed by atoms with Crippen molar-refractivity contribution in [3.05, 3.63) is 40.8 Å². The summed E-state index contributed by atoms with van der Waals surface area (Å²) < 4.78 is 1.36. The molecule has 0 nitrogen and oxygen atoms in total. The molecule has 2 rings (SSSR count). The molecule has 66 valence electrons. The molecule has 0 N–H and O–H groups in total. The Morgan fingerprint density at radius 3 is 2.77 bits per heavy atom. The van der Waals surface area contributed by atoms with Crippen LogP contribution in [-0.2, 0) is 0 Å². The Balaban J connectivity index is 2.84. The molecule has 2 aromatic rings. The molecule has 0 fully saturated rings. The van der Waals surface area contributed by atoms with Crippen molar-refractivity contribution in [2.24, 2.45) is 0 Å². The second kappa shape index (κ2) is 3.00. The summed E-state index contributed by atoms with van der Waals surface area (Å²) in [7, 11) is 0. The fourth-order valence-corrected chi connectivity index (χ4v) is 2.59. The molecule has 0 aliphatic carbocycles. The molecule has 0 atom stereocenters. The largest absolute Gasteiger partial charge is 0.136 e. The standard InChI is InChI=1S/C12H12S/c1-4-11-9(3)10-7-8(2)5-6-12(10)13-11/h4-7H,1H2,2-3H3. The Labute approximate surface area is 82.5 Å². The lowest BCUT2D eigenvalue weighted by Crippen LogP contribution is -1.73. The second-order valence-electron chi connectivity index (χ2n) is 3.30. The monoisotopic (exact) mass is 188 g/mol. The molecule has 0 radical (unpaired) electrons. The zero-order chi connectivity index (χ0) is 9.42. The van der Waals surface area contributed by atoms with Crippen molar-refractivity contribution in [3.63, 3.8) is 0 Å². The van der Waals surface area contributed by atoms with Crippen molar-refractivity contribution in [1.82, 2.24) is 0 Å². The van der Waals surface area contributed by atoms with Gasteiger partial charge in [0.1, 0.15) is 0 Å². The maximum absolute atomic E-state index is 3.82. The highest BCUT2D eigenvalue weighted by atomic mass is 32.1. The first-order valence-electron chi connectivity index (χ1n) is 4.34. The average molecular weight is 188 g/mol. The summed E-state index contributed by atoms with van der Waals surface area (Å²) in [6, 6.07) is 6.59. The highest BCUT2D eigenvalue weighted by Gasteiger charge is 2.04. The van der Waals surface area contributed by atoms with E-state index in [-0.39, 0.29) is 0 Å². The fraction of sp³-hybridized carbons (Fsp3) is 0.167. The molecule has 1 aromatic heterocycles. The van der Waals surface area contributed by atoms with Crippen molar-refractivity contribution in [2.45, 2.75) is 13.8 Å². The van der Waals surface area contributed by atoms with Gasteiger partial charge in [0.15, 0.2) is 0 Å². The number of aryl methyl sites for hydroxylation is 2. The van der Waals surface area contributed by atoms with E-state index in [1.165, 1.54) is 26.1 Å². The van der Waals surface area contributed by atoms with E-state index in [1.54, 1.807) is 0 Å². The van der Waals surface area contributed by atoms with Gasteiger partial charge in [0, 0.05) is 9.58 Å². The molecule has 0 aliphatic heterocycles. The van der Waals surface area contributed by atoms with Crippen LogP contribution >= 0.6 is 11.3 Å². The molecule has 1 aromatic carbocycles. The van der Waals surface area contributed by atoms with Crippen LogP contribution in [0.1, 0.15) is 16.0 Å². The molecule has 1 heterocycles. The minimum atomic E-state index is 1.29. The maximum Gasteiger partial charge on any atom is 0.0352 e. The Kier molecular flexibility index (Phi) is 1.97. The van der Waals surface area contributed by atoms with E-state index >= 15 is 0 Å². The average Bonchev–Trinajstić information content (AvgIpc) is 2.44. The number of hydrogen-bond donors (Lipinski definition) is 0. The van der Waals surface area contributed by atoms with Crippen molar-refractivity contribution in [3.8, 4) is 0 Å². The normalized spacial score (nSPS) is 10.6. The fourth-order valence-electron chi connectivity index (χ4n) is 1.55. The van der Waals surface area contributed by atoms with Gasteiger partial charge in [-0.3, -0.25) is 0 Å². The van der Waals surface area contributed by atoms with Gasteiger partial charge < -0.3 is 0 Å². The van der Waals surface area contributed by atoms with E-state index in [0.717, 1.165) is 0 Å². The van der Waals surface area contributed by atoms with Crippen LogP contribution in [0.2, 0.25) is 0 Å². The Bertz CT molecular complexity index is 463. The zero-order valence-corrected chi connectivity index (χ0v) is 8.74. The van der Waals surface area contributed by atoms with Crippen LogP contribution in [0, 0.1) is 13.8 Å². The molecular formula is C12H12S. The van der Waals surface area contributed by atoms with Gasteiger partial charge in [0.05, 0.1) is 0 Å². The quantitative estimate of drug-likeness (QED) is 0.630. The van der Waals surface area contributed by atoms with Gasteiger partial charge in [-0.15, -0.1) is 11.3 Å². The first kappa shape index (κ1) is 8.52. The van der Waals surface area contributed by atoms with Crippen LogP contribution in [-0.4, -0.2) is 0 Å². The third kappa shape index (κ3) is 1.29. The Morgan fingerprint density at radius 2 is 2.08 bits per heavy atom. The number of rotatable bonds is 1. The number of thiophene rings is 1. The van der Waals surface area contributed by atoms with Gasteiger partial charge in [-0.25, -0.2) is 0 Å². The van der Waals surface area contributed by atoms with E-state index in [2.05, 4.69) is 38.6 Å². The number of fused-ring (bicyclic) bond motifs is 1. The highest BCUT2D eigenvalue weighted by Crippen LogP contribution is 2.31. The Hall–Kier alpha value is -1.08. The summed E-state index contributed by atoms with van der Waals surface area (Å²) >= 11 is 1.81. The minimum Gasteiger partial charge on any atom is -0.136 e. The molecule has 0 unspecified atom stereocenters. The first-order chi connectivity index (χ1) is 6.22. The van der Waals surface area contributed by atoms with E-state index in [9.17, 15) is 0 Å². The number of hydrogen-bond acceptors (Lipinski definition) is 1. The van der Waals surface area contributed by atoms with Crippen LogP contribution in [0.15, 0.2) is 24.8 Å². The van der Waals surface area contributed by atoms with Gasteiger partial charge in [-0.2, -0.15) is 0 Å². The Morgan fingerprint density at radius 1 is 1.31 bits per heavy atom. The summed E-state index contributed by atoms with van der Waals surface area (Å²) in [5, 5.41) is 1.37. The van der Waals surface area contributed by atoms with Gasteiger partial charge in [-0.1, -0.05) is 30.4 Å². The summed E-state index contributed by atoms with van der Waals surface area (Å²) in [4.78, 5) is 1.29. The molecule has 0 bridgehead atoms. The predicted octanol–water partition coefficient (Wildman–Crippen LogP) is 4.16. The van der Waals surface area contributed by atoms with Crippen LogP contribution in [0.4, 0.5) is 0 Å². The van der Waals surface area contributed by atoms with E-state index in [1.807, 2.05) is 17.4 Å². The molecule has 0 spiro atoms.